The molecule has 0 spiro atoms. The number of carbonyl (C=O) groups is 1. The number of allylic oxidation sites excluding steroid dienone is 1. The summed E-state index contributed by atoms with van der Waals surface area (Å²) in [5.74, 6) is -0.561. The van der Waals surface area contributed by atoms with Crippen LogP contribution in [0.3, 0.4) is 0 Å². The first-order chi connectivity index (χ1) is 16.1. The standard InChI is InChI=1S/C23H27Cl2N3O5S/c1-28-11-20(19-9-17(24)10-22(25)21(19)12-28)15-4-2-6-18(8-15)27-34(32,33)26-7-3-5-16(13-29)23(31)14-30/h2,4,6,8-10,14,20,26-27,29,31H,3,5,7,11-13H2,1H3/b23-16-. The van der Waals surface area contributed by atoms with Crippen molar-refractivity contribution in [3.8, 4) is 0 Å². The fraction of sp³-hybridized carbons (Fsp3) is 0.348. The van der Waals surface area contributed by atoms with Gasteiger partial charge in [0.05, 0.1) is 12.3 Å². The second-order valence-electron chi connectivity index (χ2n) is 8.20. The first-order valence-electron chi connectivity index (χ1n) is 10.6. The Morgan fingerprint density at radius 1 is 1.26 bits per heavy atom. The summed E-state index contributed by atoms with van der Waals surface area (Å²) in [6, 6.07) is 10.8. The highest BCUT2D eigenvalue weighted by Gasteiger charge is 2.27. The van der Waals surface area contributed by atoms with Crippen molar-refractivity contribution in [3.63, 3.8) is 0 Å². The van der Waals surface area contributed by atoms with E-state index in [1.165, 1.54) is 0 Å². The zero-order valence-corrected chi connectivity index (χ0v) is 20.9. The van der Waals surface area contributed by atoms with Gasteiger partial charge in [0.25, 0.3) is 10.2 Å². The number of likely N-dealkylation sites (N-methyl/N-ethyl adjacent to an activating group) is 1. The SMILES string of the molecule is CN1Cc2c(Cl)cc(Cl)cc2C(c2cccc(NS(=O)(=O)NCCC/C(CO)=C(/O)C=O)c2)C1. The number of benzene rings is 2. The molecule has 3 rings (SSSR count). The highest BCUT2D eigenvalue weighted by molar-refractivity contribution is 7.90. The summed E-state index contributed by atoms with van der Waals surface area (Å²) in [7, 11) is -1.86. The summed E-state index contributed by atoms with van der Waals surface area (Å²) in [5.41, 5.74) is 3.53. The molecule has 11 heteroatoms. The van der Waals surface area contributed by atoms with Crippen molar-refractivity contribution >= 4 is 45.4 Å². The quantitative estimate of drug-likeness (QED) is 0.162. The number of hydrogen-bond acceptors (Lipinski definition) is 6. The molecule has 2 aromatic carbocycles. The minimum absolute atomic E-state index is 0.0310. The second-order valence-corrected chi connectivity index (χ2v) is 10.5. The smallest absolute Gasteiger partial charge is 0.299 e. The van der Waals surface area contributed by atoms with E-state index < -0.39 is 22.6 Å². The molecular formula is C23H27Cl2N3O5S. The van der Waals surface area contributed by atoms with E-state index in [4.69, 9.17) is 23.2 Å². The van der Waals surface area contributed by atoms with Gasteiger partial charge in [-0.1, -0.05) is 35.3 Å². The molecule has 1 aliphatic rings. The number of hydrogen-bond donors (Lipinski definition) is 4. The number of nitrogens with one attached hydrogen (secondary N) is 2. The molecule has 184 valence electrons. The van der Waals surface area contributed by atoms with Crippen LogP contribution >= 0.6 is 23.2 Å². The summed E-state index contributed by atoms with van der Waals surface area (Å²) in [6.45, 7) is 1.02. The Labute approximate surface area is 209 Å². The zero-order valence-electron chi connectivity index (χ0n) is 18.6. The molecule has 0 bridgehead atoms. The average molecular weight is 528 g/mol. The highest BCUT2D eigenvalue weighted by Crippen LogP contribution is 2.38. The fourth-order valence-corrected chi connectivity index (χ4v) is 5.51. The van der Waals surface area contributed by atoms with E-state index in [1.807, 2.05) is 19.2 Å². The van der Waals surface area contributed by atoms with Crippen molar-refractivity contribution in [2.45, 2.75) is 25.3 Å². The Hall–Kier alpha value is -2.14. The second kappa shape index (κ2) is 11.5. The molecule has 0 radical (unpaired) electrons. The topological polar surface area (TPSA) is 119 Å². The van der Waals surface area contributed by atoms with Crippen molar-refractivity contribution < 1.29 is 23.4 Å². The van der Waals surface area contributed by atoms with Crippen molar-refractivity contribution in [2.75, 3.05) is 31.5 Å². The van der Waals surface area contributed by atoms with E-state index in [0.29, 0.717) is 28.7 Å². The van der Waals surface area contributed by atoms with Crippen LogP contribution in [0, 0.1) is 0 Å². The van der Waals surface area contributed by atoms with E-state index in [-0.39, 0.29) is 30.7 Å². The number of aliphatic hydroxyl groups is 2. The molecule has 1 atom stereocenters. The number of anilines is 1. The molecule has 0 aliphatic carbocycles. The normalized spacial score (nSPS) is 17.1. The maximum Gasteiger partial charge on any atom is 0.299 e. The molecular weight excluding hydrogens is 501 g/mol. The van der Waals surface area contributed by atoms with Gasteiger partial charge in [0.15, 0.2) is 12.0 Å². The minimum atomic E-state index is -3.86. The predicted octanol–water partition coefficient (Wildman–Crippen LogP) is 3.60. The first-order valence-corrected chi connectivity index (χ1v) is 12.9. The average Bonchev–Trinajstić information content (AvgIpc) is 2.78. The van der Waals surface area contributed by atoms with Crippen molar-refractivity contribution in [3.05, 3.63) is 74.5 Å². The number of halogens is 2. The van der Waals surface area contributed by atoms with Crippen molar-refractivity contribution in [2.24, 2.45) is 0 Å². The van der Waals surface area contributed by atoms with Crippen LogP contribution < -0.4 is 9.44 Å². The van der Waals surface area contributed by atoms with Gasteiger partial charge in [-0.2, -0.15) is 13.1 Å². The van der Waals surface area contributed by atoms with Gasteiger partial charge in [-0.25, -0.2) is 0 Å². The van der Waals surface area contributed by atoms with Crippen LogP contribution in [-0.4, -0.2) is 56.6 Å². The van der Waals surface area contributed by atoms with Crippen molar-refractivity contribution in [1.82, 2.24) is 9.62 Å². The lowest BCUT2D eigenvalue weighted by Crippen LogP contribution is -2.32. The van der Waals surface area contributed by atoms with Crippen LogP contribution in [0.5, 0.6) is 0 Å². The van der Waals surface area contributed by atoms with Crippen molar-refractivity contribution in [1.29, 1.82) is 0 Å². The number of aldehydes is 1. The van der Waals surface area contributed by atoms with E-state index >= 15 is 0 Å². The lowest BCUT2D eigenvalue weighted by atomic mass is 9.84. The maximum atomic E-state index is 12.5. The van der Waals surface area contributed by atoms with Crippen LogP contribution in [0.15, 0.2) is 47.7 Å². The lowest BCUT2D eigenvalue weighted by Gasteiger charge is -2.33. The third-order valence-corrected chi connectivity index (χ3v) is 7.29. The van der Waals surface area contributed by atoms with Gasteiger partial charge in [-0.3, -0.25) is 9.52 Å². The van der Waals surface area contributed by atoms with E-state index in [2.05, 4.69) is 14.3 Å². The lowest BCUT2D eigenvalue weighted by molar-refractivity contribution is -0.107. The predicted molar refractivity (Wildman–Crippen MR) is 134 cm³/mol. The van der Waals surface area contributed by atoms with Crippen LogP contribution in [0.4, 0.5) is 5.69 Å². The van der Waals surface area contributed by atoms with Gasteiger partial charge >= 0.3 is 0 Å². The summed E-state index contributed by atoms with van der Waals surface area (Å²) in [4.78, 5) is 12.8. The molecule has 0 saturated heterocycles. The number of aliphatic hydroxyl groups excluding tert-OH is 2. The summed E-state index contributed by atoms with van der Waals surface area (Å²) in [5, 5.41) is 19.7. The molecule has 2 aromatic rings. The van der Waals surface area contributed by atoms with E-state index in [9.17, 15) is 23.4 Å². The van der Waals surface area contributed by atoms with Gasteiger partial charge in [0.1, 0.15) is 0 Å². The van der Waals surface area contributed by atoms with E-state index in [1.54, 1.807) is 24.3 Å². The van der Waals surface area contributed by atoms with Crippen LogP contribution in [-0.2, 0) is 21.5 Å². The molecule has 0 fully saturated rings. The fourth-order valence-electron chi connectivity index (χ4n) is 4.02. The number of fused-ring (bicyclic) bond motifs is 1. The third kappa shape index (κ3) is 6.71. The molecule has 34 heavy (non-hydrogen) atoms. The number of nitrogens with zero attached hydrogens (tertiary/aromatic N) is 1. The molecule has 0 amide bonds. The highest BCUT2D eigenvalue weighted by atomic mass is 35.5. The largest absolute Gasteiger partial charge is 0.505 e. The third-order valence-electron chi connectivity index (χ3n) is 5.65. The molecule has 0 saturated carbocycles. The van der Waals surface area contributed by atoms with Crippen LogP contribution in [0.1, 0.15) is 35.4 Å². The molecule has 1 heterocycles. The van der Waals surface area contributed by atoms with Crippen LogP contribution in [0.2, 0.25) is 10.0 Å². The van der Waals surface area contributed by atoms with Gasteiger partial charge in [-0.05, 0) is 60.8 Å². The Bertz CT molecular complexity index is 1190. The molecule has 1 unspecified atom stereocenters. The Balaban J connectivity index is 1.71. The monoisotopic (exact) mass is 527 g/mol. The Morgan fingerprint density at radius 2 is 2.03 bits per heavy atom. The van der Waals surface area contributed by atoms with Gasteiger partial charge in [0.2, 0.25) is 0 Å². The number of rotatable bonds is 10. The minimum Gasteiger partial charge on any atom is -0.505 e. The summed E-state index contributed by atoms with van der Waals surface area (Å²) in [6.07, 6.45) is 0.717. The van der Waals surface area contributed by atoms with E-state index in [0.717, 1.165) is 23.2 Å². The first kappa shape index (κ1) is 26.5. The van der Waals surface area contributed by atoms with Gasteiger partial charge in [-0.15, -0.1) is 0 Å². The molecule has 1 aliphatic heterocycles. The zero-order chi connectivity index (χ0) is 24.9. The molecule has 0 aromatic heterocycles. The summed E-state index contributed by atoms with van der Waals surface area (Å²) < 4.78 is 29.9. The van der Waals surface area contributed by atoms with Crippen LogP contribution in [0.25, 0.3) is 0 Å². The Kier molecular flexibility index (Phi) is 8.97. The Morgan fingerprint density at radius 3 is 2.74 bits per heavy atom. The number of carbonyl (C=O) groups excluding carboxylic acids is 1. The van der Waals surface area contributed by atoms with Gasteiger partial charge < -0.3 is 15.1 Å². The molecule has 4 N–H and O–H groups in total. The van der Waals surface area contributed by atoms with Gasteiger partial charge in [0, 0.05) is 41.2 Å². The maximum absolute atomic E-state index is 12.5. The molecule has 8 nitrogen and oxygen atoms in total. The summed E-state index contributed by atoms with van der Waals surface area (Å²) >= 11 is 12.7.